The van der Waals surface area contributed by atoms with E-state index in [1.807, 2.05) is 17.1 Å². The highest BCUT2D eigenvalue weighted by Gasteiger charge is 2.47. The number of benzene rings is 1. The molecule has 29 heavy (non-hydrogen) atoms. The summed E-state index contributed by atoms with van der Waals surface area (Å²) in [5.74, 6) is -0.611. The van der Waals surface area contributed by atoms with Crippen LogP contribution in [0.1, 0.15) is 30.4 Å². The first-order valence-electron chi connectivity index (χ1n) is 10.6. The fraction of sp³-hybridized carbons (Fsp3) is 0.522. The first-order valence-corrected chi connectivity index (χ1v) is 10.6. The van der Waals surface area contributed by atoms with Crippen molar-refractivity contribution in [1.29, 1.82) is 0 Å². The minimum absolute atomic E-state index is 0.0270. The van der Waals surface area contributed by atoms with Crippen LogP contribution in [0.25, 0.3) is 0 Å². The number of rotatable bonds is 4. The maximum Gasteiger partial charge on any atom is 0.233 e. The number of imide groups is 1. The van der Waals surface area contributed by atoms with Gasteiger partial charge in [-0.05, 0) is 43.9 Å². The van der Waals surface area contributed by atoms with E-state index in [-0.39, 0.29) is 42.5 Å². The molecule has 6 heteroatoms. The third-order valence-electron chi connectivity index (χ3n) is 6.70. The van der Waals surface area contributed by atoms with Gasteiger partial charge in [0.2, 0.25) is 17.7 Å². The monoisotopic (exact) mass is 395 g/mol. The van der Waals surface area contributed by atoms with E-state index in [4.69, 9.17) is 0 Å². The Labute approximate surface area is 172 Å². The Morgan fingerprint density at radius 1 is 0.966 bits per heavy atom. The lowest BCUT2D eigenvalue weighted by atomic mass is 9.85. The number of piperazine rings is 1. The number of carbonyl (C=O) groups is 3. The lowest BCUT2D eigenvalue weighted by Crippen LogP contribution is -2.49. The highest BCUT2D eigenvalue weighted by atomic mass is 16.2. The first kappa shape index (κ1) is 19.7. The summed E-state index contributed by atoms with van der Waals surface area (Å²) in [4.78, 5) is 43.3. The first-order chi connectivity index (χ1) is 14.0. The molecule has 1 aliphatic carbocycles. The predicted octanol–water partition coefficient (Wildman–Crippen LogP) is 2.29. The highest BCUT2D eigenvalue weighted by Crippen LogP contribution is 2.35. The molecule has 6 nitrogen and oxygen atoms in total. The van der Waals surface area contributed by atoms with Crippen LogP contribution in [0.5, 0.6) is 0 Å². The number of anilines is 1. The van der Waals surface area contributed by atoms with Gasteiger partial charge in [0.15, 0.2) is 0 Å². The number of likely N-dealkylation sites (tertiary alicyclic amines) is 1. The van der Waals surface area contributed by atoms with Gasteiger partial charge in [0.25, 0.3) is 0 Å². The maximum absolute atomic E-state index is 12.7. The van der Waals surface area contributed by atoms with Gasteiger partial charge < -0.3 is 9.80 Å². The van der Waals surface area contributed by atoms with E-state index in [9.17, 15) is 14.4 Å². The number of amides is 3. The van der Waals surface area contributed by atoms with Gasteiger partial charge in [-0.1, -0.05) is 24.3 Å². The molecule has 2 aliphatic heterocycles. The van der Waals surface area contributed by atoms with Crippen LogP contribution in [0.15, 0.2) is 30.4 Å². The van der Waals surface area contributed by atoms with Gasteiger partial charge in [0.05, 0.1) is 11.8 Å². The molecule has 1 aromatic carbocycles. The molecule has 3 aliphatic rings. The molecule has 2 saturated heterocycles. The summed E-state index contributed by atoms with van der Waals surface area (Å²) in [5, 5.41) is 0. The summed E-state index contributed by atoms with van der Waals surface area (Å²) in [6.45, 7) is 7.40. The predicted molar refractivity (Wildman–Crippen MR) is 111 cm³/mol. The van der Waals surface area contributed by atoms with Crippen LogP contribution in [0.2, 0.25) is 0 Å². The fourth-order valence-corrected chi connectivity index (χ4v) is 4.73. The van der Waals surface area contributed by atoms with Crippen molar-refractivity contribution in [2.75, 3.05) is 37.6 Å². The van der Waals surface area contributed by atoms with Gasteiger partial charge in [-0.2, -0.15) is 0 Å². The quantitative estimate of drug-likeness (QED) is 0.580. The van der Waals surface area contributed by atoms with Gasteiger partial charge in [0.1, 0.15) is 0 Å². The molecule has 2 atom stereocenters. The third-order valence-corrected chi connectivity index (χ3v) is 6.70. The lowest BCUT2D eigenvalue weighted by molar-refractivity contribution is -0.140. The number of fused-ring (bicyclic) bond motifs is 1. The minimum atomic E-state index is -0.219. The number of hydrogen-bond acceptors (Lipinski definition) is 4. The zero-order valence-corrected chi connectivity index (χ0v) is 17.3. The summed E-state index contributed by atoms with van der Waals surface area (Å²) in [7, 11) is 0. The molecular formula is C23H29N3O3. The molecule has 1 aromatic rings. The van der Waals surface area contributed by atoms with Gasteiger partial charge in [0, 0.05) is 44.8 Å². The summed E-state index contributed by atoms with van der Waals surface area (Å²) in [5.41, 5.74) is 3.80. The Kier molecular flexibility index (Phi) is 5.43. The maximum atomic E-state index is 12.7. The van der Waals surface area contributed by atoms with Gasteiger partial charge in [-0.15, -0.1) is 0 Å². The topological polar surface area (TPSA) is 60.9 Å². The van der Waals surface area contributed by atoms with Gasteiger partial charge >= 0.3 is 0 Å². The zero-order chi connectivity index (χ0) is 20.5. The van der Waals surface area contributed by atoms with E-state index in [1.165, 1.54) is 21.7 Å². The van der Waals surface area contributed by atoms with Crippen LogP contribution >= 0.6 is 0 Å². The second kappa shape index (κ2) is 8.01. The number of hydrogen-bond donors (Lipinski definition) is 0. The molecular weight excluding hydrogens is 366 g/mol. The smallest absolute Gasteiger partial charge is 0.233 e. The molecule has 0 aromatic heterocycles. The minimum Gasteiger partial charge on any atom is -0.368 e. The van der Waals surface area contributed by atoms with Crippen LogP contribution in [-0.2, 0) is 14.4 Å². The number of nitrogens with zero attached hydrogens (tertiary/aromatic N) is 3. The van der Waals surface area contributed by atoms with E-state index in [2.05, 4.69) is 36.9 Å². The molecule has 0 radical (unpaired) electrons. The normalized spacial score (nSPS) is 24.3. The van der Waals surface area contributed by atoms with Crippen LogP contribution in [0.4, 0.5) is 5.69 Å². The Morgan fingerprint density at radius 2 is 1.59 bits per heavy atom. The standard InChI is InChI=1S/C23H29N3O3/c1-16-6-5-9-20(17(16)2)24-12-14-25(15-13-24)21(27)10-11-26-22(28)18-7-3-4-8-19(18)23(26)29/h3-6,9,18-19H,7-8,10-15H2,1-2H3/t18-,19-/m0/s1. The fourth-order valence-electron chi connectivity index (χ4n) is 4.73. The summed E-state index contributed by atoms with van der Waals surface area (Å²) >= 11 is 0. The van der Waals surface area contributed by atoms with E-state index in [1.54, 1.807) is 0 Å². The second-order valence-electron chi connectivity index (χ2n) is 8.32. The number of aryl methyl sites for hydroxylation is 1. The van der Waals surface area contributed by atoms with Crippen molar-refractivity contribution in [1.82, 2.24) is 9.80 Å². The molecule has 3 amide bonds. The second-order valence-corrected chi connectivity index (χ2v) is 8.32. The Balaban J connectivity index is 1.30. The Morgan fingerprint density at radius 3 is 2.21 bits per heavy atom. The zero-order valence-electron chi connectivity index (χ0n) is 17.3. The lowest BCUT2D eigenvalue weighted by Gasteiger charge is -2.37. The molecule has 2 heterocycles. The van der Waals surface area contributed by atoms with Crippen LogP contribution in [0.3, 0.4) is 0 Å². The van der Waals surface area contributed by atoms with E-state index in [0.717, 1.165) is 13.1 Å². The van der Waals surface area contributed by atoms with Crippen molar-refractivity contribution in [3.8, 4) is 0 Å². The van der Waals surface area contributed by atoms with Crippen molar-refractivity contribution in [3.05, 3.63) is 41.5 Å². The van der Waals surface area contributed by atoms with E-state index < -0.39 is 0 Å². The highest BCUT2D eigenvalue weighted by molar-refractivity contribution is 6.05. The molecule has 0 spiro atoms. The van der Waals surface area contributed by atoms with Crippen molar-refractivity contribution in [2.24, 2.45) is 11.8 Å². The van der Waals surface area contributed by atoms with E-state index in [0.29, 0.717) is 25.9 Å². The molecule has 0 N–H and O–H groups in total. The molecule has 0 bridgehead atoms. The summed E-state index contributed by atoms with van der Waals surface area (Å²) in [6.07, 6.45) is 5.46. The Bertz CT molecular complexity index is 829. The largest absolute Gasteiger partial charge is 0.368 e. The van der Waals surface area contributed by atoms with Crippen LogP contribution < -0.4 is 4.90 Å². The van der Waals surface area contributed by atoms with Gasteiger partial charge in [-0.3, -0.25) is 19.3 Å². The third kappa shape index (κ3) is 3.68. The summed E-state index contributed by atoms with van der Waals surface area (Å²) < 4.78 is 0. The van der Waals surface area contributed by atoms with Crippen molar-refractivity contribution in [2.45, 2.75) is 33.1 Å². The molecule has 2 fully saturated rings. The molecule has 4 rings (SSSR count). The van der Waals surface area contributed by atoms with Crippen LogP contribution in [0, 0.1) is 25.7 Å². The molecule has 0 unspecified atom stereocenters. The summed E-state index contributed by atoms with van der Waals surface area (Å²) in [6, 6.07) is 6.33. The van der Waals surface area contributed by atoms with Crippen molar-refractivity contribution >= 4 is 23.4 Å². The molecule has 154 valence electrons. The number of carbonyl (C=O) groups excluding carboxylic acids is 3. The van der Waals surface area contributed by atoms with Crippen LogP contribution in [-0.4, -0.2) is 60.2 Å². The van der Waals surface area contributed by atoms with Gasteiger partial charge in [-0.25, -0.2) is 0 Å². The Hall–Kier alpha value is -2.63. The number of allylic oxidation sites excluding steroid dienone is 2. The average Bonchev–Trinajstić information content (AvgIpc) is 2.99. The van der Waals surface area contributed by atoms with Crippen molar-refractivity contribution < 1.29 is 14.4 Å². The average molecular weight is 396 g/mol. The van der Waals surface area contributed by atoms with Crippen molar-refractivity contribution in [3.63, 3.8) is 0 Å². The van der Waals surface area contributed by atoms with E-state index >= 15 is 0 Å². The molecule has 0 saturated carbocycles. The SMILES string of the molecule is Cc1cccc(N2CCN(C(=O)CCN3C(=O)[C@H]4CC=CC[C@@H]4C3=O)CC2)c1C.